The van der Waals surface area contributed by atoms with Crippen molar-refractivity contribution in [1.29, 1.82) is 0 Å². The molecule has 406 valence electrons. The monoisotopic (exact) mass is 1420 g/mol. The van der Waals surface area contributed by atoms with Crippen LogP contribution in [0.3, 0.4) is 0 Å². The van der Waals surface area contributed by atoms with Crippen LogP contribution in [-0.2, 0) is 107 Å². The zero-order valence-corrected chi connectivity index (χ0v) is 48.1. The predicted molar refractivity (Wildman–Crippen MR) is 281 cm³/mol. The molecule has 0 saturated heterocycles. The van der Waals surface area contributed by atoms with E-state index in [1.165, 1.54) is 0 Å². The van der Waals surface area contributed by atoms with Crippen molar-refractivity contribution in [2.45, 2.75) is 83.8 Å². The second-order valence-corrected chi connectivity index (χ2v) is 24.0. The van der Waals surface area contributed by atoms with Crippen molar-refractivity contribution in [3.63, 3.8) is 0 Å². The minimum absolute atomic E-state index is 0.0366. The molecule has 73 heavy (non-hydrogen) atoms. The van der Waals surface area contributed by atoms with Crippen LogP contribution in [0.1, 0.15) is 80.9 Å². The van der Waals surface area contributed by atoms with Crippen LogP contribution in [0.15, 0.2) is 72.8 Å². The van der Waals surface area contributed by atoms with Crippen LogP contribution < -0.4 is 0 Å². The van der Waals surface area contributed by atoms with Crippen LogP contribution in [0.5, 0.6) is 0 Å². The van der Waals surface area contributed by atoms with Crippen LogP contribution in [0.25, 0.3) is 0 Å². The summed E-state index contributed by atoms with van der Waals surface area (Å²) in [7, 11) is -13.2. The molecule has 3 aromatic rings. The second-order valence-electron chi connectivity index (χ2n) is 15.7. The molecular weight excluding hydrogens is 1370 g/mol. The standard InChI is InChI=1S/C17H21IO7S.C15H19IO7S.C14H17IO7S/c18-15-7-1-12(2-8-15)11-25-17(20)14-5-3-13(4-6-14)16(19)24-9-10-26(21,22)23;16-13-6-4-12(5-7-13)8-9-22-14(17)2-1-3-15(18)23-10-11-24(19,20)21;15-12-5-2-1-4-11(12)10-22-14(17)7-3-6-13(16)21-8-9-23(18,19)20/h1-2,7-8,13-14H,3-6,9-11H2,(H,21,22,23);4-7H,1-3,8-11H2,(H,19,20,21);1-2,4-5H,3,6-10H2,(H,18,19,20)/p-3. The maximum absolute atomic E-state index is 12.2. The first kappa shape index (κ1) is 65.5. The SMILES string of the molecule is O=C(CCCC(=O)OCCS(=O)(=O)[O-])OCCc1ccc(I)cc1.O=C(CCCC(=O)OCc1ccccc1I)OCCS(=O)(=O)[O-].O=C(OCCS(=O)(=O)[O-])C1CCC(C(=O)OCc2ccc(I)cc2)CC1. The van der Waals surface area contributed by atoms with Gasteiger partial charge in [0.1, 0.15) is 33.0 Å². The molecule has 1 aliphatic rings. The van der Waals surface area contributed by atoms with Crippen LogP contribution in [0, 0.1) is 22.5 Å². The van der Waals surface area contributed by atoms with Crippen molar-refractivity contribution in [3.05, 3.63) is 100 Å². The first-order chi connectivity index (χ1) is 34.3. The van der Waals surface area contributed by atoms with Crippen LogP contribution in [-0.4, -0.2) is 118 Å². The Labute approximate surface area is 465 Å². The van der Waals surface area contributed by atoms with Gasteiger partial charge in [-0.15, -0.1) is 0 Å². The summed E-state index contributed by atoms with van der Waals surface area (Å²) in [5, 5.41) is 0. The first-order valence-electron chi connectivity index (χ1n) is 22.3. The number of hydrogen-bond acceptors (Lipinski definition) is 21. The van der Waals surface area contributed by atoms with Gasteiger partial charge < -0.3 is 42.1 Å². The van der Waals surface area contributed by atoms with Gasteiger partial charge in [-0.05, 0) is 148 Å². The van der Waals surface area contributed by atoms with E-state index in [1.54, 1.807) is 0 Å². The normalized spacial score (nSPS) is 14.4. The van der Waals surface area contributed by atoms with E-state index in [2.05, 4.69) is 77.2 Å². The molecule has 0 aromatic heterocycles. The Kier molecular flexibility index (Phi) is 31.3. The summed E-state index contributed by atoms with van der Waals surface area (Å²) in [4.78, 5) is 69.6. The maximum atomic E-state index is 12.2. The third-order valence-corrected chi connectivity index (χ3v) is 14.4. The lowest BCUT2D eigenvalue weighted by Crippen LogP contribution is -2.29. The van der Waals surface area contributed by atoms with Crippen molar-refractivity contribution in [3.8, 4) is 0 Å². The highest BCUT2D eigenvalue weighted by molar-refractivity contribution is 14.1. The summed E-state index contributed by atoms with van der Waals surface area (Å²) in [5.41, 5.74) is 2.89. The highest BCUT2D eigenvalue weighted by Gasteiger charge is 2.31. The third kappa shape index (κ3) is 33.8. The first-order valence-corrected chi connectivity index (χ1v) is 30.2. The lowest BCUT2D eigenvalue weighted by molar-refractivity contribution is -0.155. The fourth-order valence-corrected chi connectivity index (χ4v) is 8.17. The number of carbonyl (C=O) groups is 6. The molecule has 4 rings (SSSR count). The third-order valence-electron chi connectivity index (χ3n) is 9.90. The number of carbonyl (C=O) groups excluding carboxylic acids is 6. The van der Waals surface area contributed by atoms with Gasteiger partial charge in [0.15, 0.2) is 0 Å². The van der Waals surface area contributed by atoms with E-state index in [0.717, 1.165) is 27.4 Å². The van der Waals surface area contributed by atoms with E-state index >= 15 is 0 Å². The van der Waals surface area contributed by atoms with Crippen LogP contribution in [0.4, 0.5) is 0 Å². The zero-order chi connectivity index (χ0) is 54.5. The number of benzene rings is 3. The molecular formula is C46H54I3O21S3-3. The Morgan fingerprint density at radius 2 is 0.822 bits per heavy atom. The number of halogens is 3. The molecule has 0 atom stereocenters. The highest BCUT2D eigenvalue weighted by atomic mass is 127. The van der Waals surface area contributed by atoms with Gasteiger partial charge in [-0.3, -0.25) is 28.8 Å². The van der Waals surface area contributed by atoms with Gasteiger partial charge in [0.2, 0.25) is 0 Å². The molecule has 21 nitrogen and oxygen atoms in total. The van der Waals surface area contributed by atoms with Crippen molar-refractivity contribution >= 4 is 134 Å². The van der Waals surface area contributed by atoms with E-state index < -0.39 is 97.3 Å². The van der Waals surface area contributed by atoms with Gasteiger partial charge in [-0.1, -0.05) is 42.5 Å². The Bertz CT molecular complexity index is 2570. The largest absolute Gasteiger partial charge is 0.748 e. The highest BCUT2D eigenvalue weighted by Crippen LogP contribution is 2.31. The minimum atomic E-state index is -4.39. The van der Waals surface area contributed by atoms with Crippen molar-refractivity contribution in [1.82, 2.24) is 0 Å². The molecule has 1 fully saturated rings. The summed E-state index contributed by atoms with van der Waals surface area (Å²) in [6, 6.07) is 23.1. The van der Waals surface area contributed by atoms with E-state index in [9.17, 15) is 67.7 Å². The van der Waals surface area contributed by atoms with E-state index in [-0.39, 0.29) is 76.2 Å². The molecule has 0 unspecified atom stereocenters. The molecule has 3 aromatic carbocycles. The van der Waals surface area contributed by atoms with E-state index in [1.807, 2.05) is 72.8 Å². The van der Waals surface area contributed by atoms with Crippen LogP contribution in [0.2, 0.25) is 0 Å². The molecule has 0 N–H and O–H groups in total. The summed E-state index contributed by atoms with van der Waals surface area (Å²) in [6.07, 6.45) is 3.13. The Morgan fingerprint density at radius 3 is 1.25 bits per heavy atom. The Morgan fingerprint density at radius 1 is 0.452 bits per heavy atom. The number of esters is 6. The average molecular weight is 1420 g/mol. The Balaban J connectivity index is 0.000000376. The van der Waals surface area contributed by atoms with Gasteiger partial charge in [0.05, 0.1) is 66.1 Å². The smallest absolute Gasteiger partial charge is 0.309 e. The number of ether oxygens (including phenoxy) is 6. The summed E-state index contributed by atoms with van der Waals surface area (Å²) < 4.78 is 126. The van der Waals surface area contributed by atoms with Gasteiger partial charge in [0.25, 0.3) is 0 Å². The molecule has 27 heteroatoms. The number of hydrogen-bond donors (Lipinski definition) is 0. The fraction of sp³-hybridized carbons (Fsp3) is 0.478. The summed E-state index contributed by atoms with van der Waals surface area (Å²) >= 11 is 6.56. The van der Waals surface area contributed by atoms with Gasteiger partial charge >= 0.3 is 35.8 Å². The molecule has 0 aliphatic heterocycles. The molecule has 0 heterocycles. The average Bonchev–Trinajstić information content (AvgIpc) is 3.31. The second kappa shape index (κ2) is 34.9. The molecule has 0 bridgehead atoms. The maximum Gasteiger partial charge on any atom is 0.309 e. The van der Waals surface area contributed by atoms with Crippen molar-refractivity contribution < 1.29 is 96.1 Å². The predicted octanol–water partition coefficient (Wildman–Crippen LogP) is 5.46. The summed E-state index contributed by atoms with van der Waals surface area (Å²) in [6.45, 7) is -0.703. The van der Waals surface area contributed by atoms with E-state index in [0.29, 0.717) is 32.1 Å². The molecule has 0 radical (unpaired) electrons. The van der Waals surface area contributed by atoms with Gasteiger partial charge in [0, 0.05) is 48.4 Å². The van der Waals surface area contributed by atoms with Crippen molar-refractivity contribution in [2.24, 2.45) is 11.8 Å². The minimum Gasteiger partial charge on any atom is -0.748 e. The molecule has 1 aliphatic carbocycles. The fourth-order valence-electron chi connectivity index (χ4n) is 6.05. The lowest BCUT2D eigenvalue weighted by Gasteiger charge is -2.26. The molecule has 1 saturated carbocycles. The summed E-state index contributed by atoms with van der Waals surface area (Å²) in [5.74, 6) is -5.77. The molecule has 0 spiro atoms. The Hall–Kier alpha value is -3.60. The molecule has 0 amide bonds. The quantitative estimate of drug-likeness (QED) is 0.0417. The topological polar surface area (TPSA) is 329 Å². The zero-order valence-electron chi connectivity index (χ0n) is 39.2. The van der Waals surface area contributed by atoms with Crippen LogP contribution >= 0.6 is 67.8 Å². The lowest BCUT2D eigenvalue weighted by atomic mass is 9.82. The van der Waals surface area contributed by atoms with E-state index in [4.69, 9.17) is 18.9 Å². The van der Waals surface area contributed by atoms with Gasteiger partial charge in [-0.2, -0.15) is 0 Å². The van der Waals surface area contributed by atoms with Gasteiger partial charge in [-0.25, -0.2) is 25.3 Å². The number of rotatable bonds is 26. The van der Waals surface area contributed by atoms with Crippen molar-refractivity contribution in [2.75, 3.05) is 43.7 Å².